The fourth-order valence-electron chi connectivity index (χ4n) is 2.48. The molecule has 28 heavy (non-hydrogen) atoms. The molecular weight excluding hydrogens is 410 g/mol. The van der Waals surface area contributed by atoms with Crippen molar-refractivity contribution in [2.24, 2.45) is 5.11 Å². The molecule has 1 atom stereocenters. The summed E-state index contributed by atoms with van der Waals surface area (Å²) in [6.07, 6.45) is 10.1. The second kappa shape index (κ2) is 17.3. The molecule has 1 unspecified atom stereocenters. The number of carbonyl (C=O) groups excluding carboxylic acids is 1. The van der Waals surface area contributed by atoms with Crippen molar-refractivity contribution in [3.63, 3.8) is 0 Å². The largest absolute Gasteiger partial charge is 0.465 e. The van der Waals surface area contributed by atoms with Crippen LogP contribution in [0.1, 0.15) is 78.6 Å². The smallest absolute Gasteiger partial charge is 0.322 e. The molecule has 0 aromatic carbocycles. The third kappa shape index (κ3) is 15.4. The fraction of sp³-hybridized carbons (Fsp3) is 0.850. The van der Waals surface area contributed by atoms with Gasteiger partial charge in [-0.1, -0.05) is 55.8 Å². The van der Waals surface area contributed by atoms with E-state index in [1.165, 1.54) is 61.8 Å². The van der Waals surface area contributed by atoms with Crippen molar-refractivity contribution >= 4 is 50.5 Å². The zero-order valence-electron chi connectivity index (χ0n) is 17.8. The minimum absolute atomic E-state index is 0.265. The Labute approximate surface area is 183 Å². The zero-order chi connectivity index (χ0) is 21.3. The van der Waals surface area contributed by atoms with Crippen LogP contribution in [0.25, 0.3) is 10.4 Å². The second-order valence-corrected chi connectivity index (χ2v) is 11.8. The first-order chi connectivity index (χ1) is 13.3. The number of thiocarbonyl (C=S) groups is 1. The molecule has 0 bridgehead atoms. The summed E-state index contributed by atoms with van der Waals surface area (Å²) in [6, 6.07) is 0. The van der Waals surface area contributed by atoms with Crippen LogP contribution in [-0.2, 0) is 9.53 Å². The number of ether oxygens (including phenoxy) is 1. The normalized spacial score (nSPS) is 12.2. The van der Waals surface area contributed by atoms with Gasteiger partial charge in [-0.3, -0.25) is 4.79 Å². The van der Waals surface area contributed by atoms with Gasteiger partial charge in [0.05, 0.1) is 6.61 Å². The van der Waals surface area contributed by atoms with Crippen LogP contribution < -0.4 is 0 Å². The van der Waals surface area contributed by atoms with Crippen LogP contribution in [0.15, 0.2) is 5.11 Å². The Balaban J connectivity index is 3.84. The highest BCUT2D eigenvalue weighted by Gasteiger charge is 2.31. The molecule has 0 rings (SSSR count). The van der Waals surface area contributed by atoms with Crippen LogP contribution in [0.2, 0.25) is 0 Å². The Morgan fingerprint density at radius 2 is 1.82 bits per heavy atom. The molecule has 162 valence electrons. The first-order valence-electron chi connectivity index (χ1n) is 10.2. The summed E-state index contributed by atoms with van der Waals surface area (Å²) in [5.74, 6) is 6.55. The van der Waals surface area contributed by atoms with Crippen molar-refractivity contribution < 1.29 is 9.53 Å². The van der Waals surface area contributed by atoms with Crippen LogP contribution in [-0.4, -0.2) is 45.4 Å². The average molecular weight is 448 g/mol. The molecule has 0 amide bonds. The summed E-state index contributed by atoms with van der Waals surface area (Å²) in [6.45, 7) is 6.52. The van der Waals surface area contributed by atoms with Gasteiger partial charge in [0.15, 0.2) is 0 Å². The molecular formula is C20H37N3O2S3. The molecule has 0 aliphatic rings. The number of azide groups is 1. The number of carbonyl (C=O) groups is 1. The highest BCUT2D eigenvalue weighted by molar-refractivity contribution is 8.24. The van der Waals surface area contributed by atoms with Crippen molar-refractivity contribution in [3.05, 3.63) is 10.4 Å². The maximum atomic E-state index is 12.2. The van der Waals surface area contributed by atoms with Crippen LogP contribution in [0.4, 0.5) is 0 Å². The van der Waals surface area contributed by atoms with Gasteiger partial charge in [-0.05, 0) is 63.0 Å². The monoisotopic (exact) mass is 447 g/mol. The maximum absolute atomic E-state index is 12.2. The number of unbranched alkanes of at least 4 members (excludes halogenated alkanes) is 5. The standard InChI is InChI=1S/C20H37N3O2S3/c1-5-6-10-16-28(4)17-11-8-7-9-13-18(26)27-20(2,3)19(24)25-15-12-14-22-23-21/h4-17H2,1-3H3. The summed E-state index contributed by atoms with van der Waals surface area (Å²) in [7, 11) is 0.336. The van der Waals surface area contributed by atoms with E-state index in [1.54, 1.807) is 0 Å². The summed E-state index contributed by atoms with van der Waals surface area (Å²) in [5.41, 5.74) is 8.22. The average Bonchev–Trinajstić information content (AvgIpc) is 2.64. The molecule has 0 heterocycles. The third-order valence-corrected chi connectivity index (χ3v) is 7.45. The summed E-state index contributed by atoms with van der Waals surface area (Å²) in [5, 5.41) is 3.42. The van der Waals surface area contributed by atoms with Crippen LogP contribution >= 0.6 is 34.5 Å². The first-order valence-corrected chi connectivity index (χ1v) is 13.2. The Hall–Kier alpha value is -0.560. The van der Waals surface area contributed by atoms with Crippen molar-refractivity contribution in [1.82, 2.24) is 0 Å². The van der Waals surface area contributed by atoms with Gasteiger partial charge in [0, 0.05) is 15.7 Å². The van der Waals surface area contributed by atoms with E-state index in [4.69, 9.17) is 22.5 Å². The van der Waals surface area contributed by atoms with Gasteiger partial charge < -0.3 is 4.74 Å². The molecule has 0 aromatic heterocycles. The van der Waals surface area contributed by atoms with E-state index in [0.29, 0.717) is 23.4 Å². The molecule has 0 N–H and O–H groups in total. The van der Waals surface area contributed by atoms with Gasteiger partial charge in [0.2, 0.25) is 0 Å². The van der Waals surface area contributed by atoms with Crippen LogP contribution in [0.5, 0.6) is 0 Å². The van der Waals surface area contributed by atoms with E-state index in [2.05, 4.69) is 22.8 Å². The maximum Gasteiger partial charge on any atom is 0.322 e. The van der Waals surface area contributed by atoms with E-state index in [9.17, 15) is 4.79 Å². The lowest BCUT2D eigenvalue weighted by molar-refractivity contribution is -0.145. The number of esters is 1. The van der Waals surface area contributed by atoms with E-state index < -0.39 is 4.75 Å². The predicted molar refractivity (Wildman–Crippen MR) is 131 cm³/mol. The highest BCUT2D eigenvalue weighted by atomic mass is 32.2. The predicted octanol–water partition coefficient (Wildman–Crippen LogP) is 6.91. The minimum Gasteiger partial charge on any atom is -0.465 e. The van der Waals surface area contributed by atoms with E-state index in [1.807, 2.05) is 13.8 Å². The minimum atomic E-state index is -0.684. The van der Waals surface area contributed by atoms with Crippen molar-refractivity contribution in [3.8, 4) is 0 Å². The zero-order valence-corrected chi connectivity index (χ0v) is 20.2. The molecule has 0 saturated heterocycles. The Morgan fingerprint density at radius 3 is 2.46 bits per heavy atom. The molecule has 0 saturated carbocycles. The Bertz CT molecular complexity index is 533. The van der Waals surface area contributed by atoms with E-state index in [-0.39, 0.29) is 12.6 Å². The number of thioether (sulfide) groups is 1. The number of hydrogen-bond acceptors (Lipinski definition) is 5. The lowest BCUT2D eigenvalue weighted by atomic mass is 10.2. The summed E-state index contributed by atoms with van der Waals surface area (Å²) >= 11 is 6.89. The Morgan fingerprint density at radius 1 is 1.18 bits per heavy atom. The molecule has 0 fully saturated rings. The van der Waals surface area contributed by atoms with Gasteiger partial charge in [-0.2, -0.15) is 10.5 Å². The number of hydrogen-bond donors (Lipinski definition) is 0. The van der Waals surface area contributed by atoms with E-state index >= 15 is 0 Å². The first kappa shape index (κ1) is 27.4. The van der Waals surface area contributed by atoms with Gasteiger partial charge in [0.25, 0.3) is 0 Å². The highest BCUT2D eigenvalue weighted by Crippen LogP contribution is 2.29. The Kier molecular flexibility index (Phi) is 17.0. The van der Waals surface area contributed by atoms with Gasteiger partial charge in [0.1, 0.15) is 4.75 Å². The van der Waals surface area contributed by atoms with Gasteiger partial charge >= 0.3 is 5.97 Å². The molecule has 0 aliphatic heterocycles. The van der Waals surface area contributed by atoms with E-state index in [0.717, 1.165) is 17.0 Å². The van der Waals surface area contributed by atoms with Gasteiger partial charge in [-0.15, -0.1) is 11.8 Å². The van der Waals surface area contributed by atoms with Crippen molar-refractivity contribution in [2.75, 3.05) is 24.7 Å². The lowest BCUT2D eigenvalue weighted by Crippen LogP contribution is -2.31. The summed E-state index contributed by atoms with van der Waals surface area (Å²) in [4.78, 5) is 14.9. The number of nitrogens with zero attached hydrogens (tertiary/aromatic N) is 3. The molecule has 0 aromatic rings. The molecule has 5 nitrogen and oxygen atoms in total. The van der Waals surface area contributed by atoms with Gasteiger partial charge in [-0.25, -0.2) is 0 Å². The fourth-order valence-corrected chi connectivity index (χ4v) is 5.64. The van der Waals surface area contributed by atoms with Crippen molar-refractivity contribution in [2.45, 2.75) is 83.3 Å². The topological polar surface area (TPSA) is 75.1 Å². The van der Waals surface area contributed by atoms with Crippen molar-refractivity contribution in [1.29, 1.82) is 0 Å². The third-order valence-electron chi connectivity index (χ3n) is 4.16. The molecule has 0 aliphatic carbocycles. The number of rotatable bonds is 17. The summed E-state index contributed by atoms with van der Waals surface area (Å²) < 4.78 is 5.45. The second-order valence-electron chi connectivity index (χ2n) is 7.32. The molecule has 0 spiro atoms. The van der Waals surface area contributed by atoms with Crippen LogP contribution in [0.3, 0.4) is 0 Å². The lowest BCUT2D eigenvalue weighted by Gasteiger charge is -2.22. The molecule has 8 heteroatoms. The quantitative estimate of drug-likeness (QED) is 0.0606. The van der Waals surface area contributed by atoms with Crippen LogP contribution in [0, 0.1) is 0 Å². The molecule has 0 radical (unpaired) electrons. The SMILES string of the molecule is C=S(CCCCC)CCCCCCC(=S)SC(C)(C)C(=O)OCCCN=[N+]=[N-].